The number of nitrogens with zero attached hydrogens (tertiary/aromatic N) is 2. The molecule has 0 N–H and O–H groups in total. The molecule has 1 aromatic heterocycles. The molecule has 0 spiro atoms. The summed E-state index contributed by atoms with van der Waals surface area (Å²) in [6.45, 7) is 0. The number of rotatable bonds is 3. The number of hydrogen-bond acceptors (Lipinski definition) is 3. The van der Waals surface area contributed by atoms with E-state index in [1.807, 2.05) is 30.3 Å². The van der Waals surface area contributed by atoms with Crippen molar-refractivity contribution < 1.29 is 4.42 Å². The first-order valence-electron chi connectivity index (χ1n) is 6.13. The standard InChI is InChI=1S/C15H9Cl3N2O/c16-10-6-7-12(17)11(8-10)14-19-20-15(21-14)13(18)9-4-2-1-3-5-9/h1-8,13H. The third-order valence-electron chi connectivity index (χ3n) is 2.91. The van der Waals surface area contributed by atoms with Gasteiger partial charge in [0.1, 0.15) is 5.38 Å². The van der Waals surface area contributed by atoms with Gasteiger partial charge in [0.25, 0.3) is 0 Å². The van der Waals surface area contributed by atoms with Crippen molar-refractivity contribution in [2.45, 2.75) is 5.38 Å². The molecule has 0 saturated carbocycles. The molecule has 3 rings (SSSR count). The first-order valence-corrected chi connectivity index (χ1v) is 7.32. The SMILES string of the molecule is Clc1ccc(Cl)c(-c2nnc(C(Cl)c3ccccc3)o2)c1. The van der Waals surface area contributed by atoms with Gasteiger partial charge in [-0.3, -0.25) is 0 Å². The van der Waals surface area contributed by atoms with Crippen LogP contribution in [0.3, 0.4) is 0 Å². The van der Waals surface area contributed by atoms with E-state index in [-0.39, 0.29) is 0 Å². The molecule has 3 aromatic rings. The molecule has 106 valence electrons. The lowest BCUT2D eigenvalue weighted by molar-refractivity contribution is 0.513. The average molecular weight is 340 g/mol. The van der Waals surface area contributed by atoms with Crippen LogP contribution in [-0.2, 0) is 0 Å². The molecule has 0 saturated heterocycles. The van der Waals surface area contributed by atoms with Gasteiger partial charge in [-0.15, -0.1) is 21.8 Å². The van der Waals surface area contributed by atoms with Crippen LogP contribution in [0.15, 0.2) is 52.9 Å². The van der Waals surface area contributed by atoms with E-state index in [1.54, 1.807) is 18.2 Å². The van der Waals surface area contributed by atoms with Gasteiger partial charge >= 0.3 is 0 Å². The molecule has 0 radical (unpaired) electrons. The zero-order chi connectivity index (χ0) is 14.8. The van der Waals surface area contributed by atoms with Crippen molar-refractivity contribution in [1.82, 2.24) is 10.2 Å². The van der Waals surface area contributed by atoms with Crippen LogP contribution in [0, 0.1) is 0 Å². The van der Waals surface area contributed by atoms with Crippen molar-refractivity contribution in [1.29, 1.82) is 0 Å². The molecule has 0 fully saturated rings. The predicted octanol–water partition coefficient (Wildman–Crippen LogP) is 5.37. The topological polar surface area (TPSA) is 38.9 Å². The summed E-state index contributed by atoms with van der Waals surface area (Å²) < 4.78 is 5.62. The number of hydrogen-bond donors (Lipinski definition) is 0. The van der Waals surface area contributed by atoms with Crippen LogP contribution in [0.1, 0.15) is 16.8 Å². The minimum atomic E-state index is -0.509. The molecule has 0 aliphatic carbocycles. The highest BCUT2D eigenvalue weighted by Crippen LogP contribution is 2.33. The molecule has 0 aliphatic rings. The fourth-order valence-corrected chi connectivity index (χ4v) is 2.48. The number of benzene rings is 2. The Kier molecular flexibility index (Phi) is 4.15. The van der Waals surface area contributed by atoms with Crippen LogP contribution < -0.4 is 0 Å². The van der Waals surface area contributed by atoms with Crippen LogP contribution >= 0.6 is 34.8 Å². The minimum absolute atomic E-state index is 0.291. The van der Waals surface area contributed by atoms with Crippen molar-refractivity contribution in [3.8, 4) is 11.5 Å². The summed E-state index contributed by atoms with van der Waals surface area (Å²) in [7, 11) is 0. The molecule has 21 heavy (non-hydrogen) atoms. The molecule has 3 nitrogen and oxygen atoms in total. The lowest BCUT2D eigenvalue weighted by Gasteiger charge is -2.04. The Morgan fingerprint density at radius 1 is 0.952 bits per heavy atom. The molecule has 0 aliphatic heterocycles. The Labute approximate surface area is 136 Å². The van der Waals surface area contributed by atoms with Crippen molar-refractivity contribution in [2.24, 2.45) is 0 Å². The molecule has 0 amide bonds. The summed E-state index contributed by atoms with van der Waals surface area (Å²) in [4.78, 5) is 0. The van der Waals surface area contributed by atoms with Gasteiger partial charge in [0.15, 0.2) is 0 Å². The summed E-state index contributed by atoms with van der Waals surface area (Å²) >= 11 is 18.4. The van der Waals surface area contributed by atoms with Crippen LogP contribution in [0.4, 0.5) is 0 Å². The lowest BCUT2D eigenvalue weighted by Crippen LogP contribution is -1.92. The van der Waals surface area contributed by atoms with Crippen molar-refractivity contribution in [3.63, 3.8) is 0 Å². The largest absolute Gasteiger partial charge is 0.419 e. The molecule has 6 heteroatoms. The maximum absolute atomic E-state index is 6.35. The summed E-state index contributed by atoms with van der Waals surface area (Å²) in [5.74, 6) is 0.605. The van der Waals surface area contributed by atoms with Crippen LogP contribution in [0.2, 0.25) is 10.0 Å². The van der Waals surface area contributed by atoms with Crippen LogP contribution in [0.5, 0.6) is 0 Å². The highest BCUT2D eigenvalue weighted by molar-refractivity contribution is 6.35. The quantitative estimate of drug-likeness (QED) is 0.602. The van der Waals surface area contributed by atoms with Gasteiger partial charge in [0, 0.05) is 5.02 Å². The second-order valence-electron chi connectivity index (χ2n) is 4.34. The zero-order valence-electron chi connectivity index (χ0n) is 10.6. The third-order valence-corrected chi connectivity index (χ3v) is 3.91. The average Bonchev–Trinajstić information content (AvgIpc) is 2.99. The predicted molar refractivity (Wildman–Crippen MR) is 83.9 cm³/mol. The monoisotopic (exact) mass is 338 g/mol. The summed E-state index contributed by atoms with van der Waals surface area (Å²) in [6, 6.07) is 14.6. The maximum atomic E-state index is 6.35. The maximum Gasteiger partial charge on any atom is 0.249 e. The van der Waals surface area contributed by atoms with Gasteiger partial charge in [-0.05, 0) is 23.8 Å². The number of halogens is 3. The van der Waals surface area contributed by atoms with E-state index < -0.39 is 5.38 Å². The summed E-state index contributed by atoms with van der Waals surface area (Å²) in [5.41, 5.74) is 1.46. The zero-order valence-corrected chi connectivity index (χ0v) is 12.9. The fourth-order valence-electron chi connectivity index (χ4n) is 1.87. The van der Waals surface area contributed by atoms with Gasteiger partial charge in [-0.25, -0.2) is 0 Å². The Hall–Kier alpha value is -1.55. The normalized spacial score (nSPS) is 12.3. The van der Waals surface area contributed by atoms with E-state index in [0.717, 1.165) is 5.56 Å². The van der Waals surface area contributed by atoms with Crippen molar-refractivity contribution in [3.05, 3.63) is 70.0 Å². The molecular formula is C15H9Cl3N2O. The Morgan fingerprint density at radius 3 is 2.48 bits per heavy atom. The third kappa shape index (κ3) is 3.05. The smallest absolute Gasteiger partial charge is 0.249 e. The van der Waals surface area contributed by atoms with Gasteiger partial charge in [-0.2, -0.15) is 0 Å². The second-order valence-corrected chi connectivity index (χ2v) is 5.62. The Balaban J connectivity index is 1.95. The molecule has 0 bridgehead atoms. The van der Waals surface area contributed by atoms with Crippen molar-refractivity contribution in [2.75, 3.05) is 0 Å². The Bertz CT molecular complexity index is 759. The summed E-state index contributed by atoms with van der Waals surface area (Å²) in [6.07, 6.45) is 0. The lowest BCUT2D eigenvalue weighted by atomic mass is 10.1. The molecule has 1 unspecified atom stereocenters. The van der Waals surface area contributed by atoms with E-state index in [0.29, 0.717) is 27.4 Å². The summed E-state index contributed by atoms with van der Waals surface area (Å²) in [5, 5.41) is 8.50. The molecule has 1 heterocycles. The van der Waals surface area contributed by atoms with Gasteiger partial charge in [-0.1, -0.05) is 53.5 Å². The van der Waals surface area contributed by atoms with Crippen molar-refractivity contribution >= 4 is 34.8 Å². The highest BCUT2D eigenvalue weighted by Gasteiger charge is 2.19. The Morgan fingerprint density at radius 2 is 1.71 bits per heavy atom. The molecular weight excluding hydrogens is 331 g/mol. The highest BCUT2D eigenvalue weighted by atomic mass is 35.5. The minimum Gasteiger partial charge on any atom is -0.419 e. The van der Waals surface area contributed by atoms with E-state index in [2.05, 4.69) is 10.2 Å². The van der Waals surface area contributed by atoms with Gasteiger partial charge in [0.2, 0.25) is 11.8 Å². The fraction of sp³-hybridized carbons (Fsp3) is 0.0667. The molecule has 1 atom stereocenters. The van der Waals surface area contributed by atoms with E-state index in [1.165, 1.54) is 0 Å². The van der Waals surface area contributed by atoms with Crippen LogP contribution in [-0.4, -0.2) is 10.2 Å². The van der Waals surface area contributed by atoms with E-state index in [9.17, 15) is 0 Å². The van der Waals surface area contributed by atoms with Crippen LogP contribution in [0.25, 0.3) is 11.5 Å². The first kappa shape index (κ1) is 14.4. The number of alkyl halides is 1. The van der Waals surface area contributed by atoms with Gasteiger partial charge in [0.05, 0.1) is 10.6 Å². The first-order chi connectivity index (χ1) is 10.1. The number of aromatic nitrogens is 2. The van der Waals surface area contributed by atoms with Gasteiger partial charge < -0.3 is 4.42 Å². The van der Waals surface area contributed by atoms with E-state index in [4.69, 9.17) is 39.2 Å². The second kappa shape index (κ2) is 6.06. The van der Waals surface area contributed by atoms with E-state index >= 15 is 0 Å². The molecule has 2 aromatic carbocycles.